The lowest BCUT2D eigenvalue weighted by molar-refractivity contribution is -0.118. The maximum absolute atomic E-state index is 10.6. The van der Waals surface area contributed by atoms with E-state index in [1.54, 1.807) is 26.2 Å². The molecule has 94 valence electrons. The summed E-state index contributed by atoms with van der Waals surface area (Å²) in [5, 5.41) is 0. The highest BCUT2D eigenvalue weighted by molar-refractivity contribution is 5.47. The summed E-state index contributed by atoms with van der Waals surface area (Å²) < 4.78 is 10.4. The topological polar surface area (TPSA) is 38.8 Å². The number of hydrogen-bond donors (Lipinski definition) is 0. The minimum Gasteiger partial charge on any atom is -0.493 e. The monoisotopic (exact) mass is 237 g/mol. The summed E-state index contributed by atoms with van der Waals surface area (Å²) in [6.07, 6.45) is 1.63. The Kier molecular flexibility index (Phi) is 4.82. The lowest BCUT2D eigenvalue weighted by atomic mass is 10.1. The van der Waals surface area contributed by atoms with Crippen molar-refractivity contribution in [1.82, 2.24) is 4.90 Å². The average Bonchev–Trinajstić information content (AvgIpc) is 2.37. The van der Waals surface area contributed by atoms with E-state index >= 15 is 0 Å². The highest BCUT2D eigenvalue weighted by atomic mass is 16.5. The smallest absolute Gasteiger partial charge is 0.209 e. The first kappa shape index (κ1) is 13.4. The number of likely N-dealkylation sites (N-methyl/N-ethyl adjacent to an activating group) is 1. The van der Waals surface area contributed by atoms with Crippen LogP contribution in [0.1, 0.15) is 12.5 Å². The fraction of sp³-hybridized carbons (Fsp3) is 0.462. The molecule has 0 saturated carbocycles. The van der Waals surface area contributed by atoms with Gasteiger partial charge in [0, 0.05) is 13.1 Å². The third-order valence-electron chi connectivity index (χ3n) is 2.84. The number of carbonyl (C=O) groups is 1. The molecule has 0 fully saturated rings. The van der Waals surface area contributed by atoms with E-state index in [9.17, 15) is 4.79 Å². The molecule has 0 aliphatic heterocycles. The molecule has 0 radical (unpaired) electrons. The Morgan fingerprint density at radius 2 is 1.94 bits per heavy atom. The minimum absolute atomic E-state index is 0.158. The lowest BCUT2D eigenvalue weighted by Crippen LogP contribution is -2.29. The van der Waals surface area contributed by atoms with Gasteiger partial charge in [-0.25, -0.2) is 0 Å². The van der Waals surface area contributed by atoms with Gasteiger partial charge in [0.1, 0.15) is 0 Å². The van der Waals surface area contributed by atoms with Crippen molar-refractivity contribution < 1.29 is 14.3 Å². The maximum atomic E-state index is 10.6. The summed E-state index contributed by atoms with van der Waals surface area (Å²) in [6.45, 7) is 2.01. The summed E-state index contributed by atoms with van der Waals surface area (Å²) in [4.78, 5) is 12.3. The van der Waals surface area contributed by atoms with Crippen LogP contribution in [0, 0.1) is 0 Å². The Balaban J connectivity index is 2.82. The van der Waals surface area contributed by atoms with Gasteiger partial charge in [0.15, 0.2) is 11.5 Å². The third kappa shape index (κ3) is 3.37. The quantitative estimate of drug-likeness (QED) is 0.707. The van der Waals surface area contributed by atoms with Gasteiger partial charge in [-0.05, 0) is 31.0 Å². The Labute approximate surface area is 102 Å². The van der Waals surface area contributed by atoms with Crippen LogP contribution in [0.5, 0.6) is 11.5 Å². The number of hydrogen-bond acceptors (Lipinski definition) is 3. The number of ether oxygens (including phenoxy) is 2. The molecule has 1 aromatic rings. The van der Waals surface area contributed by atoms with Gasteiger partial charge in [0.25, 0.3) is 0 Å². The fourth-order valence-electron chi connectivity index (χ4n) is 1.60. The van der Waals surface area contributed by atoms with Gasteiger partial charge in [-0.15, -0.1) is 0 Å². The average molecular weight is 237 g/mol. The second kappa shape index (κ2) is 6.13. The molecule has 1 unspecified atom stereocenters. The first-order valence-electron chi connectivity index (χ1n) is 5.50. The van der Waals surface area contributed by atoms with E-state index in [-0.39, 0.29) is 6.04 Å². The first-order chi connectivity index (χ1) is 8.12. The molecular formula is C13H19NO3. The van der Waals surface area contributed by atoms with Crippen LogP contribution < -0.4 is 9.47 Å². The van der Waals surface area contributed by atoms with Crippen molar-refractivity contribution >= 4 is 6.41 Å². The predicted molar refractivity (Wildman–Crippen MR) is 66.5 cm³/mol. The number of nitrogens with zero attached hydrogens (tertiary/aromatic N) is 1. The minimum atomic E-state index is 0.158. The molecule has 1 atom stereocenters. The van der Waals surface area contributed by atoms with Gasteiger partial charge < -0.3 is 14.4 Å². The fourth-order valence-corrected chi connectivity index (χ4v) is 1.60. The molecule has 0 spiro atoms. The van der Waals surface area contributed by atoms with E-state index in [1.807, 2.05) is 25.1 Å². The van der Waals surface area contributed by atoms with Gasteiger partial charge in [-0.2, -0.15) is 0 Å². The Morgan fingerprint density at radius 3 is 2.47 bits per heavy atom. The molecule has 4 nitrogen and oxygen atoms in total. The summed E-state index contributed by atoms with van der Waals surface area (Å²) in [6, 6.07) is 5.96. The van der Waals surface area contributed by atoms with Crippen molar-refractivity contribution in [1.29, 1.82) is 0 Å². The largest absolute Gasteiger partial charge is 0.493 e. The van der Waals surface area contributed by atoms with Crippen LogP contribution in [-0.4, -0.2) is 38.6 Å². The SMILES string of the molecule is COc1ccc(CC(C)N(C)C=O)cc1OC. The molecule has 0 aliphatic carbocycles. The number of amides is 1. The number of benzene rings is 1. The third-order valence-corrected chi connectivity index (χ3v) is 2.84. The van der Waals surface area contributed by atoms with Crippen molar-refractivity contribution in [3.8, 4) is 11.5 Å². The van der Waals surface area contributed by atoms with Gasteiger partial charge in [0.05, 0.1) is 14.2 Å². The van der Waals surface area contributed by atoms with Gasteiger partial charge in [-0.1, -0.05) is 6.07 Å². The molecule has 4 heteroatoms. The molecular weight excluding hydrogens is 218 g/mol. The van der Waals surface area contributed by atoms with Crippen LogP contribution >= 0.6 is 0 Å². The zero-order valence-corrected chi connectivity index (χ0v) is 10.8. The van der Waals surface area contributed by atoms with Crippen molar-refractivity contribution in [2.24, 2.45) is 0 Å². The first-order valence-corrected chi connectivity index (χ1v) is 5.50. The van der Waals surface area contributed by atoms with Gasteiger partial charge in [0.2, 0.25) is 6.41 Å². The molecule has 0 saturated heterocycles. The van der Waals surface area contributed by atoms with Crippen molar-refractivity contribution in [3.05, 3.63) is 23.8 Å². The summed E-state index contributed by atoms with van der Waals surface area (Å²) in [7, 11) is 5.00. The molecule has 1 aromatic carbocycles. The zero-order valence-electron chi connectivity index (χ0n) is 10.8. The van der Waals surface area contributed by atoms with Crippen molar-refractivity contribution in [2.75, 3.05) is 21.3 Å². The predicted octanol–water partition coefficient (Wildman–Crippen LogP) is 1.72. The molecule has 17 heavy (non-hydrogen) atoms. The van der Waals surface area contributed by atoms with E-state index in [1.165, 1.54) is 0 Å². The van der Waals surface area contributed by atoms with Gasteiger partial charge in [-0.3, -0.25) is 4.79 Å². The highest BCUT2D eigenvalue weighted by Crippen LogP contribution is 2.28. The number of carbonyl (C=O) groups excluding carboxylic acids is 1. The zero-order chi connectivity index (χ0) is 12.8. The van der Waals surface area contributed by atoms with E-state index in [4.69, 9.17) is 9.47 Å². The van der Waals surface area contributed by atoms with Crippen LogP contribution in [0.4, 0.5) is 0 Å². The number of rotatable bonds is 6. The second-order valence-corrected chi connectivity index (χ2v) is 4.01. The van der Waals surface area contributed by atoms with Gasteiger partial charge >= 0.3 is 0 Å². The molecule has 1 rings (SSSR count). The summed E-state index contributed by atoms with van der Waals surface area (Å²) in [5.41, 5.74) is 1.11. The summed E-state index contributed by atoms with van der Waals surface area (Å²) in [5.74, 6) is 1.43. The standard InChI is InChI=1S/C13H19NO3/c1-10(14(2)9-15)7-11-5-6-12(16-3)13(8-11)17-4/h5-6,8-10H,7H2,1-4H3. The second-order valence-electron chi connectivity index (χ2n) is 4.01. The Morgan fingerprint density at radius 1 is 1.29 bits per heavy atom. The van der Waals surface area contributed by atoms with E-state index in [2.05, 4.69) is 0 Å². The normalized spacial score (nSPS) is 11.8. The lowest BCUT2D eigenvalue weighted by Gasteiger charge is -2.20. The van der Waals surface area contributed by atoms with Crippen LogP contribution in [-0.2, 0) is 11.2 Å². The molecule has 0 aliphatic rings. The summed E-state index contributed by atoms with van der Waals surface area (Å²) >= 11 is 0. The molecule has 0 N–H and O–H groups in total. The Hall–Kier alpha value is -1.71. The number of methoxy groups -OCH3 is 2. The molecule has 1 amide bonds. The van der Waals surface area contributed by atoms with Crippen LogP contribution in [0.15, 0.2) is 18.2 Å². The van der Waals surface area contributed by atoms with Crippen molar-refractivity contribution in [2.45, 2.75) is 19.4 Å². The molecule has 0 aromatic heterocycles. The molecule has 0 heterocycles. The highest BCUT2D eigenvalue weighted by Gasteiger charge is 2.10. The molecule has 0 bridgehead atoms. The van der Waals surface area contributed by atoms with Crippen LogP contribution in [0.2, 0.25) is 0 Å². The van der Waals surface area contributed by atoms with E-state index in [0.717, 1.165) is 18.4 Å². The van der Waals surface area contributed by atoms with Crippen LogP contribution in [0.3, 0.4) is 0 Å². The van der Waals surface area contributed by atoms with Crippen LogP contribution in [0.25, 0.3) is 0 Å². The van der Waals surface area contributed by atoms with E-state index in [0.29, 0.717) is 11.5 Å². The maximum Gasteiger partial charge on any atom is 0.209 e. The van der Waals surface area contributed by atoms with Crippen molar-refractivity contribution in [3.63, 3.8) is 0 Å². The van der Waals surface area contributed by atoms with E-state index < -0.39 is 0 Å². The Bertz CT molecular complexity index is 379.